The predicted octanol–water partition coefficient (Wildman–Crippen LogP) is 5.91. The minimum absolute atomic E-state index is 0.347. The van der Waals surface area contributed by atoms with E-state index in [1.54, 1.807) is 11.7 Å². The molecule has 0 aliphatic heterocycles. The van der Waals surface area contributed by atoms with Gasteiger partial charge in [0.2, 0.25) is 0 Å². The van der Waals surface area contributed by atoms with Crippen molar-refractivity contribution < 1.29 is 4.57 Å². The molecule has 0 aliphatic rings. The third-order valence-corrected chi connectivity index (χ3v) is 10.5. The number of aryl methyl sites for hydroxylation is 1. The molecule has 0 radical (unpaired) electrons. The van der Waals surface area contributed by atoms with Gasteiger partial charge in [-0.1, -0.05) is 74.2 Å². The maximum atomic E-state index is 13.1. The molecule has 136 valence electrons. The normalized spacial score (nSPS) is 14.8. The Bertz CT molecular complexity index is 539. The number of benzene rings is 1. The molecular formula is C18H31N2OPS2. The van der Waals surface area contributed by atoms with E-state index < -0.39 is 6.65 Å². The summed E-state index contributed by atoms with van der Waals surface area (Å²) in [5, 5.41) is 3.35. The average molecular weight is 387 g/mol. The smallest absolute Gasteiger partial charge is 0.292 e. The monoisotopic (exact) mass is 386 g/mol. The molecule has 2 atom stereocenters. The molecule has 1 rings (SSSR count). The molecule has 0 fully saturated rings. The number of unbranched alkanes of at least 4 members (excludes halogenated alkanes) is 2. The van der Waals surface area contributed by atoms with Crippen molar-refractivity contribution in [2.45, 2.75) is 57.6 Å². The van der Waals surface area contributed by atoms with Crippen molar-refractivity contribution in [1.82, 2.24) is 9.76 Å². The summed E-state index contributed by atoms with van der Waals surface area (Å²) in [7, 11) is 3.62. The lowest BCUT2D eigenvalue weighted by Gasteiger charge is -2.30. The van der Waals surface area contributed by atoms with Crippen LogP contribution in [0.25, 0.3) is 0 Å². The number of nitrogens with zero attached hydrogens (tertiary/aromatic N) is 1. The van der Waals surface area contributed by atoms with E-state index in [-0.39, 0.29) is 0 Å². The molecule has 0 bridgehead atoms. The maximum absolute atomic E-state index is 13.1. The van der Waals surface area contributed by atoms with E-state index in [9.17, 15) is 4.57 Å². The summed E-state index contributed by atoms with van der Waals surface area (Å²) >= 11 is 7.03. The van der Waals surface area contributed by atoms with Crippen LogP contribution < -0.4 is 5.09 Å². The molecule has 24 heavy (non-hydrogen) atoms. The minimum atomic E-state index is -2.66. The third kappa shape index (κ3) is 7.26. The highest BCUT2D eigenvalue weighted by Gasteiger charge is 2.30. The highest BCUT2D eigenvalue weighted by atomic mass is 32.7. The molecule has 0 spiro atoms. The Kier molecular flexibility index (Phi) is 10.2. The van der Waals surface area contributed by atoms with Crippen LogP contribution in [-0.2, 0) is 11.0 Å². The lowest BCUT2D eigenvalue weighted by Crippen LogP contribution is -2.26. The maximum Gasteiger partial charge on any atom is 0.292 e. The molecule has 0 heterocycles. The van der Waals surface area contributed by atoms with Crippen LogP contribution >= 0.6 is 30.2 Å². The van der Waals surface area contributed by atoms with Crippen LogP contribution in [0.15, 0.2) is 30.3 Å². The topological polar surface area (TPSA) is 32.3 Å². The van der Waals surface area contributed by atoms with Gasteiger partial charge >= 0.3 is 0 Å². The summed E-state index contributed by atoms with van der Waals surface area (Å²) in [6.07, 6.45) is 6.30. The highest BCUT2D eigenvalue weighted by molar-refractivity contribution is 8.57. The van der Waals surface area contributed by atoms with Gasteiger partial charge in [-0.25, -0.2) is 5.09 Å². The van der Waals surface area contributed by atoms with Gasteiger partial charge in [-0.05, 0) is 44.7 Å². The van der Waals surface area contributed by atoms with E-state index >= 15 is 0 Å². The molecule has 0 aromatic heterocycles. The van der Waals surface area contributed by atoms with Gasteiger partial charge < -0.3 is 4.67 Å². The van der Waals surface area contributed by atoms with Crippen LogP contribution in [-0.4, -0.2) is 29.0 Å². The fourth-order valence-electron chi connectivity index (χ4n) is 2.33. The second kappa shape index (κ2) is 11.3. The molecule has 0 aliphatic carbocycles. The zero-order valence-electron chi connectivity index (χ0n) is 15.3. The molecule has 1 N–H and O–H groups in total. The number of hydrogen-bond donors (Lipinski definition) is 1. The molecule has 6 heteroatoms. The van der Waals surface area contributed by atoms with Gasteiger partial charge in [0, 0.05) is 12.3 Å². The number of hydrogen-bond acceptors (Lipinski definition) is 3. The van der Waals surface area contributed by atoms with Crippen LogP contribution in [0.3, 0.4) is 0 Å². The fourth-order valence-corrected chi connectivity index (χ4v) is 7.50. The van der Waals surface area contributed by atoms with Gasteiger partial charge in [0.05, 0.1) is 4.99 Å². The summed E-state index contributed by atoms with van der Waals surface area (Å²) < 4.78 is 14.9. The Balaban J connectivity index is 2.36. The largest absolute Gasteiger partial charge is 0.300 e. The van der Waals surface area contributed by atoms with Crippen LogP contribution in [0.1, 0.15) is 51.5 Å². The van der Waals surface area contributed by atoms with Crippen molar-refractivity contribution in [1.29, 1.82) is 0 Å². The molecule has 0 amide bonds. The first-order chi connectivity index (χ1) is 11.4. The lowest BCUT2D eigenvalue weighted by molar-refractivity contribution is 0.546. The second-order valence-corrected chi connectivity index (χ2v) is 11.7. The van der Waals surface area contributed by atoms with Gasteiger partial charge in [0.15, 0.2) is 0 Å². The van der Waals surface area contributed by atoms with E-state index in [0.717, 1.165) is 37.1 Å². The average Bonchev–Trinajstić information content (AvgIpc) is 2.61. The molecule has 1 aromatic carbocycles. The van der Waals surface area contributed by atoms with Crippen molar-refractivity contribution in [3.63, 3.8) is 0 Å². The number of nitrogens with one attached hydrogen (secondary N) is 1. The molecule has 3 nitrogen and oxygen atoms in total. The summed E-state index contributed by atoms with van der Waals surface area (Å²) in [5.74, 6) is 0. The Morgan fingerprint density at radius 3 is 2.54 bits per heavy atom. The quantitative estimate of drug-likeness (QED) is 0.290. The van der Waals surface area contributed by atoms with Crippen molar-refractivity contribution in [3.8, 4) is 0 Å². The summed E-state index contributed by atoms with van der Waals surface area (Å²) in [6, 6.07) is 10.6. The molecule has 1 unspecified atom stereocenters. The Labute approximate surface area is 157 Å². The SMILES string of the molecule is CC[C@H](C)SP(=O)(NC)N(C)C(=S)CCCCCc1ccccc1. The molecule has 0 saturated heterocycles. The lowest BCUT2D eigenvalue weighted by atomic mass is 10.1. The van der Waals surface area contributed by atoms with Crippen molar-refractivity contribution in [3.05, 3.63) is 35.9 Å². The highest BCUT2D eigenvalue weighted by Crippen LogP contribution is 2.59. The van der Waals surface area contributed by atoms with Gasteiger partial charge in [-0.15, -0.1) is 0 Å². The predicted molar refractivity (Wildman–Crippen MR) is 113 cm³/mol. The Hall–Kier alpha value is -0.350. The Morgan fingerprint density at radius 1 is 1.29 bits per heavy atom. The van der Waals surface area contributed by atoms with Crippen LogP contribution in [0.4, 0.5) is 0 Å². The van der Waals surface area contributed by atoms with Crippen molar-refractivity contribution >= 4 is 35.2 Å². The van der Waals surface area contributed by atoms with Gasteiger partial charge in [-0.2, -0.15) is 0 Å². The molecule has 1 aromatic rings. The molecule has 0 saturated carbocycles. The second-order valence-electron chi connectivity index (χ2n) is 6.03. The van der Waals surface area contributed by atoms with Gasteiger partial charge in [0.1, 0.15) is 0 Å². The van der Waals surface area contributed by atoms with Crippen LogP contribution in [0, 0.1) is 0 Å². The standard InChI is InChI=1S/C18H31N2OPS2/c1-5-16(2)24-22(21,19-3)20(4)18(23)15-11-7-10-14-17-12-8-6-9-13-17/h6,8-9,12-13,16H,5,7,10-11,14-15H2,1-4H3,(H,19,21)/t16-,22?/m0/s1. The number of thiocarbonyl (C=S) groups is 1. The van der Waals surface area contributed by atoms with E-state index in [0.29, 0.717) is 5.25 Å². The van der Waals surface area contributed by atoms with Crippen LogP contribution in [0.2, 0.25) is 0 Å². The van der Waals surface area contributed by atoms with E-state index in [2.05, 4.69) is 49.3 Å². The summed E-state index contributed by atoms with van der Waals surface area (Å²) in [5.41, 5.74) is 1.39. The van der Waals surface area contributed by atoms with Gasteiger partial charge in [-0.3, -0.25) is 4.57 Å². The first-order valence-corrected chi connectivity index (χ1v) is 12.3. The minimum Gasteiger partial charge on any atom is -0.300 e. The van der Waals surface area contributed by atoms with Crippen molar-refractivity contribution in [2.75, 3.05) is 14.1 Å². The Morgan fingerprint density at radius 2 is 1.96 bits per heavy atom. The van der Waals surface area contributed by atoms with E-state index in [1.807, 2.05) is 7.05 Å². The van der Waals surface area contributed by atoms with E-state index in [1.165, 1.54) is 23.4 Å². The zero-order chi connectivity index (χ0) is 18.0. The van der Waals surface area contributed by atoms with E-state index in [4.69, 9.17) is 12.2 Å². The third-order valence-electron chi connectivity index (χ3n) is 4.14. The first-order valence-electron chi connectivity index (χ1n) is 8.71. The number of rotatable bonds is 11. The van der Waals surface area contributed by atoms with Crippen LogP contribution in [0.5, 0.6) is 0 Å². The molecular weight excluding hydrogens is 355 g/mol. The van der Waals surface area contributed by atoms with Crippen molar-refractivity contribution in [2.24, 2.45) is 0 Å². The summed E-state index contributed by atoms with van der Waals surface area (Å²) in [4.78, 5) is 0.795. The zero-order valence-corrected chi connectivity index (χ0v) is 17.9. The first kappa shape index (κ1) is 21.7. The summed E-state index contributed by atoms with van der Waals surface area (Å²) in [6.45, 7) is 1.56. The van der Waals surface area contributed by atoms with Gasteiger partial charge in [0.25, 0.3) is 6.65 Å². The fraction of sp³-hybridized carbons (Fsp3) is 0.611.